The quantitative estimate of drug-likeness (QED) is 0.478. The molecule has 3 aromatic rings. The summed E-state index contributed by atoms with van der Waals surface area (Å²) < 4.78 is 38.9. The monoisotopic (exact) mass is 454 g/mol. The molecule has 0 saturated carbocycles. The molecule has 8 heteroatoms. The summed E-state index contributed by atoms with van der Waals surface area (Å²) in [4.78, 5) is 12.8. The number of anilines is 2. The van der Waals surface area contributed by atoms with Crippen molar-refractivity contribution in [3.05, 3.63) is 78.4 Å². The van der Waals surface area contributed by atoms with Crippen LogP contribution in [0.5, 0.6) is 11.5 Å². The van der Waals surface area contributed by atoms with Gasteiger partial charge in [-0.2, -0.15) is 0 Å². The van der Waals surface area contributed by atoms with E-state index in [9.17, 15) is 13.2 Å². The van der Waals surface area contributed by atoms with Gasteiger partial charge >= 0.3 is 0 Å². The first-order valence-electron chi connectivity index (χ1n) is 10.2. The molecule has 1 amide bonds. The summed E-state index contributed by atoms with van der Waals surface area (Å²) in [5.41, 5.74) is 1.29. The lowest BCUT2D eigenvalue weighted by Crippen LogP contribution is -2.16. The molecule has 0 fully saturated rings. The Labute approximate surface area is 188 Å². The van der Waals surface area contributed by atoms with Crippen molar-refractivity contribution in [2.45, 2.75) is 31.8 Å². The summed E-state index contributed by atoms with van der Waals surface area (Å²) in [7, 11) is -3.78. The second-order valence-corrected chi connectivity index (χ2v) is 8.89. The molecular formula is C24H26N2O5S. The Kier molecular flexibility index (Phi) is 7.37. The average molecular weight is 455 g/mol. The van der Waals surface area contributed by atoms with Gasteiger partial charge in [-0.3, -0.25) is 9.52 Å². The summed E-state index contributed by atoms with van der Waals surface area (Å²) >= 11 is 0. The zero-order chi connectivity index (χ0) is 23.1. The normalized spacial score (nSPS) is 11.1. The summed E-state index contributed by atoms with van der Waals surface area (Å²) in [5, 5.41) is 2.77. The highest BCUT2D eigenvalue weighted by molar-refractivity contribution is 7.92. The highest BCUT2D eigenvalue weighted by Crippen LogP contribution is 2.23. The fraction of sp³-hybridized carbons (Fsp3) is 0.208. The fourth-order valence-electron chi connectivity index (χ4n) is 2.93. The number of hydrogen-bond donors (Lipinski definition) is 2. The largest absolute Gasteiger partial charge is 0.494 e. The number of hydrogen-bond acceptors (Lipinski definition) is 5. The maximum absolute atomic E-state index is 12.7. The number of para-hydroxylation sites is 1. The van der Waals surface area contributed by atoms with Gasteiger partial charge in [0.15, 0.2) is 0 Å². The van der Waals surface area contributed by atoms with Crippen molar-refractivity contribution >= 4 is 27.3 Å². The van der Waals surface area contributed by atoms with Crippen LogP contribution in [0.15, 0.2) is 77.7 Å². The van der Waals surface area contributed by atoms with E-state index in [4.69, 9.17) is 9.47 Å². The number of rotatable bonds is 9. The average Bonchev–Trinajstić information content (AvgIpc) is 2.75. The van der Waals surface area contributed by atoms with Crippen LogP contribution in [0.2, 0.25) is 0 Å². The third-order valence-corrected chi connectivity index (χ3v) is 5.73. The van der Waals surface area contributed by atoms with Crippen molar-refractivity contribution in [2.24, 2.45) is 0 Å². The molecule has 0 heterocycles. The fourth-order valence-corrected chi connectivity index (χ4v) is 3.99. The van der Waals surface area contributed by atoms with Crippen LogP contribution in [-0.4, -0.2) is 27.0 Å². The molecule has 0 aliphatic carbocycles. The standard InChI is InChI=1S/C24H26N2O5S/c1-4-30-20-13-9-19(10-14-20)26-32(28,29)21-15-11-18(12-16-21)25-24(27)22-7-5-6-8-23(22)31-17(2)3/h5-17,26H,4H2,1-3H3,(H,25,27). The molecule has 0 aromatic heterocycles. The lowest BCUT2D eigenvalue weighted by atomic mass is 10.1. The van der Waals surface area contributed by atoms with Crippen LogP contribution >= 0.6 is 0 Å². The van der Waals surface area contributed by atoms with E-state index in [1.807, 2.05) is 20.8 Å². The molecule has 0 saturated heterocycles. The predicted molar refractivity (Wildman–Crippen MR) is 125 cm³/mol. The first kappa shape index (κ1) is 23.1. The minimum atomic E-state index is -3.78. The molecule has 0 unspecified atom stereocenters. The van der Waals surface area contributed by atoms with Crippen molar-refractivity contribution in [3.8, 4) is 11.5 Å². The lowest BCUT2D eigenvalue weighted by Gasteiger charge is -2.14. The summed E-state index contributed by atoms with van der Waals surface area (Å²) in [5.74, 6) is 0.805. The van der Waals surface area contributed by atoms with E-state index in [1.165, 1.54) is 24.3 Å². The first-order chi connectivity index (χ1) is 15.3. The van der Waals surface area contributed by atoms with Crippen LogP contribution in [0.1, 0.15) is 31.1 Å². The SMILES string of the molecule is CCOc1ccc(NS(=O)(=O)c2ccc(NC(=O)c3ccccc3OC(C)C)cc2)cc1. The Morgan fingerprint density at radius 3 is 2.16 bits per heavy atom. The van der Waals surface area contributed by atoms with Gasteiger partial charge in [0, 0.05) is 11.4 Å². The topological polar surface area (TPSA) is 93.7 Å². The molecule has 0 bridgehead atoms. The summed E-state index contributed by atoms with van der Waals surface area (Å²) in [6.07, 6.45) is -0.0729. The van der Waals surface area contributed by atoms with Gasteiger partial charge in [0.25, 0.3) is 15.9 Å². The molecule has 168 valence electrons. The number of carbonyl (C=O) groups is 1. The lowest BCUT2D eigenvalue weighted by molar-refractivity contribution is 0.102. The molecule has 0 aliphatic rings. The number of nitrogens with one attached hydrogen (secondary N) is 2. The number of sulfonamides is 1. The minimum absolute atomic E-state index is 0.0729. The van der Waals surface area contributed by atoms with E-state index in [1.54, 1.807) is 48.5 Å². The second kappa shape index (κ2) is 10.2. The third-order valence-electron chi connectivity index (χ3n) is 4.33. The van der Waals surface area contributed by atoms with E-state index >= 15 is 0 Å². The third kappa shape index (κ3) is 6.01. The highest BCUT2D eigenvalue weighted by atomic mass is 32.2. The van der Waals surface area contributed by atoms with E-state index in [0.717, 1.165) is 0 Å². The van der Waals surface area contributed by atoms with Crippen LogP contribution in [0.4, 0.5) is 11.4 Å². The minimum Gasteiger partial charge on any atom is -0.494 e. The van der Waals surface area contributed by atoms with Gasteiger partial charge in [0.05, 0.1) is 23.2 Å². The van der Waals surface area contributed by atoms with Crippen LogP contribution in [0.25, 0.3) is 0 Å². The molecule has 0 spiro atoms. The molecule has 3 aromatic carbocycles. The Morgan fingerprint density at radius 1 is 0.906 bits per heavy atom. The Balaban J connectivity index is 1.70. The van der Waals surface area contributed by atoms with Gasteiger partial charge in [-0.25, -0.2) is 8.42 Å². The molecule has 2 N–H and O–H groups in total. The van der Waals surface area contributed by atoms with E-state index in [2.05, 4.69) is 10.0 Å². The smallest absolute Gasteiger partial charge is 0.261 e. The van der Waals surface area contributed by atoms with Gasteiger partial charge in [-0.1, -0.05) is 12.1 Å². The van der Waals surface area contributed by atoms with E-state index in [-0.39, 0.29) is 16.9 Å². The van der Waals surface area contributed by atoms with Gasteiger partial charge < -0.3 is 14.8 Å². The predicted octanol–water partition coefficient (Wildman–Crippen LogP) is 4.93. The van der Waals surface area contributed by atoms with Crippen molar-refractivity contribution in [3.63, 3.8) is 0 Å². The maximum atomic E-state index is 12.7. The van der Waals surface area contributed by atoms with Crippen LogP contribution in [0, 0.1) is 0 Å². The van der Waals surface area contributed by atoms with E-state index < -0.39 is 10.0 Å². The zero-order valence-corrected chi connectivity index (χ0v) is 19.0. The van der Waals surface area contributed by atoms with Gasteiger partial charge in [0.2, 0.25) is 0 Å². The molecular weight excluding hydrogens is 428 g/mol. The number of carbonyl (C=O) groups excluding carboxylic acids is 1. The highest BCUT2D eigenvalue weighted by Gasteiger charge is 2.16. The van der Waals surface area contributed by atoms with Gasteiger partial charge in [0.1, 0.15) is 11.5 Å². The summed E-state index contributed by atoms with van der Waals surface area (Å²) in [6.45, 7) is 6.18. The molecule has 32 heavy (non-hydrogen) atoms. The maximum Gasteiger partial charge on any atom is 0.261 e. The second-order valence-electron chi connectivity index (χ2n) is 7.20. The van der Waals surface area contributed by atoms with Crippen molar-refractivity contribution < 1.29 is 22.7 Å². The Bertz CT molecular complexity index is 1160. The molecule has 0 radical (unpaired) electrons. The molecule has 7 nitrogen and oxygen atoms in total. The van der Waals surface area contributed by atoms with Gasteiger partial charge in [-0.05, 0) is 81.4 Å². The van der Waals surface area contributed by atoms with Crippen molar-refractivity contribution in [2.75, 3.05) is 16.6 Å². The Hall–Kier alpha value is -3.52. The van der Waals surface area contributed by atoms with Crippen LogP contribution in [0.3, 0.4) is 0 Å². The Morgan fingerprint density at radius 2 is 1.53 bits per heavy atom. The van der Waals surface area contributed by atoms with E-state index in [0.29, 0.717) is 35.0 Å². The van der Waals surface area contributed by atoms with Gasteiger partial charge in [-0.15, -0.1) is 0 Å². The molecule has 0 aliphatic heterocycles. The number of amides is 1. The zero-order valence-electron chi connectivity index (χ0n) is 18.2. The van der Waals surface area contributed by atoms with Crippen LogP contribution in [-0.2, 0) is 10.0 Å². The number of ether oxygens (including phenoxy) is 2. The first-order valence-corrected chi connectivity index (χ1v) is 11.7. The molecule has 3 rings (SSSR count). The van der Waals surface area contributed by atoms with Crippen molar-refractivity contribution in [1.29, 1.82) is 0 Å². The van der Waals surface area contributed by atoms with Crippen LogP contribution < -0.4 is 19.5 Å². The summed E-state index contributed by atoms with van der Waals surface area (Å²) in [6, 6.07) is 19.6. The van der Waals surface area contributed by atoms with Crippen molar-refractivity contribution in [1.82, 2.24) is 0 Å². The molecule has 0 atom stereocenters. The number of benzene rings is 3.